The van der Waals surface area contributed by atoms with Crippen molar-refractivity contribution in [3.05, 3.63) is 23.8 Å². The van der Waals surface area contributed by atoms with Gasteiger partial charge in [-0.1, -0.05) is 6.92 Å². The third-order valence-electron chi connectivity index (χ3n) is 4.06. The van der Waals surface area contributed by atoms with Gasteiger partial charge < -0.3 is 14.4 Å². The number of ether oxygens (including phenoxy) is 2. The van der Waals surface area contributed by atoms with Crippen LogP contribution in [-0.4, -0.2) is 37.1 Å². The zero-order chi connectivity index (χ0) is 15.9. The Kier molecular flexibility index (Phi) is 5.65. The van der Waals surface area contributed by atoms with Crippen LogP contribution in [0.15, 0.2) is 18.2 Å². The molecule has 1 amide bonds. The average molecular weight is 302 g/mol. The molecule has 1 atom stereocenters. The van der Waals surface area contributed by atoms with Gasteiger partial charge in [0.15, 0.2) is 18.1 Å². The average Bonchev–Trinajstić information content (AvgIpc) is 2.59. The summed E-state index contributed by atoms with van der Waals surface area (Å²) in [6.07, 6.45) is 4.30. The van der Waals surface area contributed by atoms with E-state index in [4.69, 9.17) is 14.7 Å². The summed E-state index contributed by atoms with van der Waals surface area (Å²) in [4.78, 5) is 14.3. The Labute approximate surface area is 131 Å². The number of nitriles is 1. The van der Waals surface area contributed by atoms with Crippen molar-refractivity contribution in [2.75, 3.05) is 20.3 Å². The van der Waals surface area contributed by atoms with Crippen molar-refractivity contribution in [2.24, 2.45) is 0 Å². The number of benzene rings is 1. The Bertz CT molecular complexity index is 566. The largest absolute Gasteiger partial charge is 0.493 e. The maximum absolute atomic E-state index is 12.4. The molecule has 0 bridgehead atoms. The first-order valence-corrected chi connectivity index (χ1v) is 7.70. The molecule has 0 aromatic heterocycles. The van der Waals surface area contributed by atoms with Gasteiger partial charge >= 0.3 is 0 Å². The summed E-state index contributed by atoms with van der Waals surface area (Å²) in [5.74, 6) is 0.968. The minimum atomic E-state index is -0.00123. The smallest absolute Gasteiger partial charge is 0.260 e. The highest BCUT2D eigenvalue weighted by Crippen LogP contribution is 2.28. The first-order valence-electron chi connectivity index (χ1n) is 7.70. The second-order valence-electron chi connectivity index (χ2n) is 5.41. The number of rotatable bonds is 5. The molecule has 0 aliphatic carbocycles. The van der Waals surface area contributed by atoms with Crippen molar-refractivity contribution in [3.8, 4) is 17.6 Å². The number of piperidine rings is 1. The normalized spacial score (nSPS) is 17.7. The van der Waals surface area contributed by atoms with E-state index in [1.807, 2.05) is 11.0 Å². The van der Waals surface area contributed by atoms with Crippen LogP contribution < -0.4 is 9.47 Å². The molecule has 0 spiro atoms. The highest BCUT2D eigenvalue weighted by atomic mass is 16.5. The molecule has 22 heavy (non-hydrogen) atoms. The van der Waals surface area contributed by atoms with Gasteiger partial charge in [-0.25, -0.2) is 0 Å². The molecule has 0 N–H and O–H groups in total. The van der Waals surface area contributed by atoms with Crippen LogP contribution in [0.2, 0.25) is 0 Å². The quantitative estimate of drug-likeness (QED) is 0.839. The number of carbonyl (C=O) groups is 1. The van der Waals surface area contributed by atoms with E-state index < -0.39 is 0 Å². The van der Waals surface area contributed by atoms with E-state index in [0.717, 1.165) is 25.8 Å². The van der Waals surface area contributed by atoms with Crippen LogP contribution in [0.4, 0.5) is 0 Å². The summed E-state index contributed by atoms with van der Waals surface area (Å²) >= 11 is 0. The second kappa shape index (κ2) is 7.69. The monoisotopic (exact) mass is 302 g/mol. The summed E-state index contributed by atoms with van der Waals surface area (Å²) in [6, 6.07) is 7.30. The fourth-order valence-corrected chi connectivity index (χ4v) is 2.83. The Morgan fingerprint density at radius 1 is 1.41 bits per heavy atom. The molecule has 5 nitrogen and oxygen atoms in total. The van der Waals surface area contributed by atoms with E-state index in [1.165, 1.54) is 13.5 Å². The van der Waals surface area contributed by atoms with E-state index in [0.29, 0.717) is 23.1 Å². The molecule has 118 valence electrons. The molecule has 0 radical (unpaired) electrons. The lowest BCUT2D eigenvalue weighted by Gasteiger charge is -2.35. The summed E-state index contributed by atoms with van der Waals surface area (Å²) in [5.41, 5.74) is 0.498. The Morgan fingerprint density at radius 3 is 2.91 bits per heavy atom. The molecule has 2 rings (SSSR count). The maximum atomic E-state index is 12.4. The molecule has 5 heteroatoms. The number of methoxy groups -OCH3 is 1. The number of hydrogen-bond acceptors (Lipinski definition) is 4. The van der Waals surface area contributed by atoms with Gasteiger partial charge in [-0.05, 0) is 37.8 Å². The molecule has 1 saturated heterocycles. The van der Waals surface area contributed by atoms with Crippen molar-refractivity contribution >= 4 is 5.91 Å². The number of carbonyl (C=O) groups excluding carboxylic acids is 1. The van der Waals surface area contributed by atoms with Gasteiger partial charge in [0.1, 0.15) is 0 Å². The first-order chi connectivity index (χ1) is 10.7. The van der Waals surface area contributed by atoms with Crippen molar-refractivity contribution in [2.45, 2.75) is 38.6 Å². The minimum Gasteiger partial charge on any atom is -0.493 e. The summed E-state index contributed by atoms with van der Waals surface area (Å²) in [6.45, 7) is 2.92. The lowest BCUT2D eigenvalue weighted by molar-refractivity contribution is -0.137. The van der Waals surface area contributed by atoms with E-state index in [-0.39, 0.29) is 12.5 Å². The van der Waals surface area contributed by atoms with Crippen LogP contribution >= 0.6 is 0 Å². The van der Waals surface area contributed by atoms with Crippen molar-refractivity contribution in [1.82, 2.24) is 4.90 Å². The second-order valence-corrected chi connectivity index (χ2v) is 5.41. The first kappa shape index (κ1) is 16.2. The number of hydrogen-bond donors (Lipinski definition) is 0. The Hall–Kier alpha value is -2.22. The zero-order valence-electron chi connectivity index (χ0n) is 13.2. The topological polar surface area (TPSA) is 62.6 Å². The molecule has 1 aliphatic heterocycles. The van der Waals surface area contributed by atoms with Crippen LogP contribution in [0.25, 0.3) is 0 Å². The molecule has 1 heterocycles. The highest BCUT2D eigenvalue weighted by molar-refractivity contribution is 5.78. The molecule has 1 aromatic carbocycles. The fraction of sp³-hybridized carbons (Fsp3) is 0.529. The summed E-state index contributed by atoms with van der Waals surface area (Å²) in [5, 5.41) is 8.89. The standard InChI is InChI=1S/C17H22N2O3/c1-3-14-6-4-5-9-19(14)17(20)12-22-15-8-7-13(11-18)10-16(15)21-2/h7-8,10,14H,3-6,9,12H2,1-2H3. The predicted octanol–water partition coefficient (Wildman–Crippen LogP) is 2.74. The molecule has 0 saturated carbocycles. The van der Waals surface area contributed by atoms with Gasteiger partial charge in [0.25, 0.3) is 5.91 Å². The number of nitrogens with zero attached hydrogens (tertiary/aromatic N) is 2. The Balaban J connectivity index is 2.00. The number of likely N-dealkylation sites (tertiary alicyclic amines) is 1. The van der Waals surface area contributed by atoms with Gasteiger partial charge in [-0.2, -0.15) is 5.26 Å². The van der Waals surface area contributed by atoms with Gasteiger partial charge in [-0.3, -0.25) is 4.79 Å². The lowest BCUT2D eigenvalue weighted by Crippen LogP contribution is -2.45. The van der Waals surface area contributed by atoms with Crippen molar-refractivity contribution < 1.29 is 14.3 Å². The number of amides is 1. The van der Waals surface area contributed by atoms with Gasteiger partial charge in [0.2, 0.25) is 0 Å². The van der Waals surface area contributed by atoms with Crippen molar-refractivity contribution in [3.63, 3.8) is 0 Å². The third kappa shape index (κ3) is 3.70. The van der Waals surface area contributed by atoms with E-state index in [2.05, 4.69) is 6.92 Å². The van der Waals surface area contributed by atoms with Gasteiger partial charge in [0, 0.05) is 18.7 Å². The molecule has 1 unspecified atom stereocenters. The maximum Gasteiger partial charge on any atom is 0.260 e. The summed E-state index contributed by atoms with van der Waals surface area (Å²) in [7, 11) is 1.52. The molecular weight excluding hydrogens is 280 g/mol. The zero-order valence-corrected chi connectivity index (χ0v) is 13.2. The lowest BCUT2D eigenvalue weighted by atomic mass is 10.00. The van der Waals surface area contributed by atoms with E-state index >= 15 is 0 Å². The van der Waals surface area contributed by atoms with Gasteiger partial charge in [0.05, 0.1) is 18.7 Å². The highest BCUT2D eigenvalue weighted by Gasteiger charge is 2.25. The Morgan fingerprint density at radius 2 is 2.23 bits per heavy atom. The minimum absolute atomic E-state index is 0.00123. The molecular formula is C17H22N2O3. The predicted molar refractivity (Wildman–Crippen MR) is 82.8 cm³/mol. The molecule has 1 aromatic rings. The third-order valence-corrected chi connectivity index (χ3v) is 4.06. The fourth-order valence-electron chi connectivity index (χ4n) is 2.83. The summed E-state index contributed by atoms with van der Waals surface area (Å²) < 4.78 is 10.8. The van der Waals surface area contributed by atoms with Crippen LogP contribution in [0.3, 0.4) is 0 Å². The molecule has 1 aliphatic rings. The van der Waals surface area contributed by atoms with E-state index in [1.54, 1.807) is 18.2 Å². The molecule has 1 fully saturated rings. The van der Waals surface area contributed by atoms with Crippen LogP contribution in [0.1, 0.15) is 38.2 Å². The SMILES string of the molecule is CCC1CCCCN1C(=O)COc1ccc(C#N)cc1OC. The van der Waals surface area contributed by atoms with E-state index in [9.17, 15) is 4.79 Å². The van der Waals surface area contributed by atoms with Crippen molar-refractivity contribution in [1.29, 1.82) is 5.26 Å². The van der Waals surface area contributed by atoms with Crippen LogP contribution in [0, 0.1) is 11.3 Å². The van der Waals surface area contributed by atoms with Crippen LogP contribution in [-0.2, 0) is 4.79 Å². The van der Waals surface area contributed by atoms with Gasteiger partial charge in [-0.15, -0.1) is 0 Å². The van der Waals surface area contributed by atoms with Crippen LogP contribution in [0.5, 0.6) is 11.5 Å².